The first kappa shape index (κ1) is 26.3. The lowest BCUT2D eigenvalue weighted by atomic mass is 9.45. The number of Topliss-reactive ketones (excluding diaryl/α,β-unsaturated/α-hetero) is 1. The molecule has 0 aromatic rings. The highest BCUT2D eigenvalue weighted by Crippen LogP contribution is 2.71. The van der Waals surface area contributed by atoms with Crippen molar-refractivity contribution in [3.63, 3.8) is 0 Å². The van der Waals surface area contributed by atoms with Gasteiger partial charge in [-0.2, -0.15) is 8.42 Å². The molecule has 35 heavy (non-hydrogen) atoms. The van der Waals surface area contributed by atoms with Crippen LogP contribution in [0, 0.1) is 22.7 Å². The number of hydrogen-bond donors (Lipinski definition) is 1. The zero-order valence-electron chi connectivity index (χ0n) is 20.2. The van der Waals surface area contributed by atoms with Crippen molar-refractivity contribution in [1.29, 1.82) is 0 Å². The number of carbonyl (C=O) groups excluding carboxylic acids is 3. The number of ketones is 2. The van der Waals surface area contributed by atoms with Crippen molar-refractivity contribution in [2.24, 2.45) is 22.7 Å². The van der Waals surface area contributed by atoms with Crippen LogP contribution in [0.2, 0.25) is 0 Å². The molecule has 0 amide bonds. The average Bonchev–Trinajstić information content (AvgIpc) is 3.05. The number of halogens is 1. The van der Waals surface area contributed by atoms with E-state index in [1.54, 1.807) is 19.1 Å². The van der Waals surface area contributed by atoms with Gasteiger partial charge in [-0.1, -0.05) is 25.5 Å². The summed E-state index contributed by atoms with van der Waals surface area (Å²) in [7, 11) is -2.81. The van der Waals surface area contributed by atoms with Gasteiger partial charge in [-0.15, -0.1) is 11.6 Å². The summed E-state index contributed by atoms with van der Waals surface area (Å²) < 4.78 is 38.3. The third-order valence-electron chi connectivity index (χ3n) is 9.04. The first-order valence-corrected chi connectivity index (χ1v) is 13.8. The molecule has 7 atom stereocenters. The van der Waals surface area contributed by atoms with Gasteiger partial charge in [-0.3, -0.25) is 13.8 Å². The van der Waals surface area contributed by atoms with Gasteiger partial charge in [0.2, 0.25) is 5.78 Å². The van der Waals surface area contributed by atoms with Crippen LogP contribution < -0.4 is 0 Å². The van der Waals surface area contributed by atoms with Crippen LogP contribution in [-0.4, -0.2) is 67.8 Å². The molecule has 1 unspecified atom stereocenters. The smallest absolute Gasteiger partial charge is 0.438 e. The van der Waals surface area contributed by atoms with Gasteiger partial charge in [0.05, 0.1) is 24.3 Å². The lowest BCUT2D eigenvalue weighted by Gasteiger charge is -2.63. The van der Waals surface area contributed by atoms with E-state index < -0.39 is 56.1 Å². The molecule has 0 spiro atoms. The fourth-order valence-corrected chi connectivity index (χ4v) is 8.19. The summed E-state index contributed by atoms with van der Waals surface area (Å²) in [6.07, 6.45) is 5.23. The zero-order valence-corrected chi connectivity index (χ0v) is 21.8. The third-order valence-corrected chi connectivity index (χ3v) is 10.5. The van der Waals surface area contributed by atoms with Crippen molar-refractivity contribution in [2.75, 3.05) is 20.0 Å². The number of hydrogen-bond acceptors (Lipinski definition) is 9. The Morgan fingerprint density at radius 3 is 2.54 bits per heavy atom. The molecule has 4 rings (SSSR count). The lowest BCUT2D eigenvalue weighted by Crippen LogP contribution is -2.69. The van der Waals surface area contributed by atoms with Crippen LogP contribution in [0.5, 0.6) is 0 Å². The van der Waals surface area contributed by atoms with Gasteiger partial charge in [-0.25, -0.2) is 4.79 Å². The number of ether oxygens (including phenoxy) is 2. The van der Waals surface area contributed by atoms with Gasteiger partial charge in [0, 0.05) is 10.8 Å². The number of allylic oxidation sites excluding steroid dienone is 4. The number of carbonyl (C=O) groups is 3. The standard InChI is InChI=1S/C24H31ClO9S/c1-21-9-7-15(26)11-14(21)5-6-17-16-8-10-23(34-20(29)32-3,19(28)13-33-35(4,30)31)22(16,2)12-18(27)24(17,21)25/h7,9,11,16-18,27H,5-6,8,10,12-13H2,1-4H3/t16-,17-,18?,21-,22-,23-,24-/m0/s1. The first-order chi connectivity index (χ1) is 16.1. The fourth-order valence-electron chi connectivity index (χ4n) is 7.34. The van der Waals surface area contributed by atoms with Crippen LogP contribution in [0.1, 0.15) is 46.0 Å². The molecule has 3 fully saturated rings. The molecule has 0 aliphatic heterocycles. The second-order valence-electron chi connectivity index (χ2n) is 10.6. The maximum atomic E-state index is 13.5. The summed E-state index contributed by atoms with van der Waals surface area (Å²) in [5.74, 6) is -1.34. The van der Waals surface area contributed by atoms with E-state index in [9.17, 15) is 27.9 Å². The number of rotatable bonds is 5. The molecule has 11 heteroatoms. The molecule has 0 radical (unpaired) electrons. The Labute approximate surface area is 209 Å². The van der Waals surface area contributed by atoms with E-state index in [0.717, 1.165) is 18.9 Å². The van der Waals surface area contributed by atoms with E-state index in [1.807, 2.05) is 6.92 Å². The molecular formula is C24H31ClO9S. The molecule has 0 aromatic carbocycles. The third kappa shape index (κ3) is 3.70. The second kappa shape index (κ2) is 8.39. The maximum absolute atomic E-state index is 13.5. The summed E-state index contributed by atoms with van der Waals surface area (Å²) in [5, 5.41) is 11.6. The summed E-state index contributed by atoms with van der Waals surface area (Å²) in [6.45, 7) is 2.89. The highest BCUT2D eigenvalue weighted by Gasteiger charge is 2.74. The van der Waals surface area contributed by atoms with Crippen LogP contribution in [0.15, 0.2) is 23.8 Å². The molecular weight excluding hydrogens is 500 g/mol. The maximum Gasteiger partial charge on any atom is 0.509 e. The molecule has 0 bridgehead atoms. The van der Waals surface area contributed by atoms with Crippen molar-refractivity contribution >= 4 is 39.4 Å². The molecule has 4 aliphatic carbocycles. The number of aliphatic hydroxyl groups is 1. The molecule has 9 nitrogen and oxygen atoms in total. The van der Waals surface area contributed by atoms with Crippen molar-refractivity contribution in [3.8, 4) is 0 Å². The molecule has 3 saturated carbocycles. The van der Waals surface area contributed by atoms with Crippen LogP contribution in [0.4, 0.5) is 4.79 Å². The quantitative estimate of drug-likeness (QED) is 0.323. The van der Waals surface area contributed by atoms with E-state index in [-0.39, 0.29) is 30.5 Å². The summed E-state index contributed by atoms with van der Waals surface area (Å²) in [6, 6.07) is 0. The van der Waals surface area contributed by atoms with Crippen molar-refractivity contribution < 1.29 is 41.6 Å². The van der Waals surface area contributed by atoms with Gasteiger partial charge in [0.25, 0.3) is 10.1 Å². The van der Waals surface area contributed by atoms with Crippen LogP contribution in [-0.2, 0) is 33.4 Å². The van der Waals surface area contributed by atoms with Gasteiger partial charge in [0.15, 0.2) is 11.4 Å². The largest absolute Gasteiger partial charge is 0.509 e. The average molecular weight is 531 g/mol. The highest BCUT2D eigenvalue weighted by molar-refractivity contribution is 7.86. The Bertz CT molecular complexity index is 1130. The Morgan fingerprint density at radius 2 is 1.91 bits per heavy atom. The summed E-state index contributed by atoms with van der Waals surface area (Å²) >= 11 is 7.37. The number of aliphatic hydroxyl groups excluding tert-OH is 1. The Morgan fingerprint density at radius 1 is 1.23 bits per heavy atom. The monoisotopic (exact) mass is 530 g/mol. The molecule has 1 N–H and O–H groups in total. The van der Waals surface area contributed by atoms with E-state index in [2.05, 4.69) is 0 Å². The second-order valence-corrected chi connectivity index (χ2v) is 12.8. The topological polar surface area (TPSA) is 133 Å². The van der Waals surface area contributed by atoms with Crippen molar-refractivity contribution in [1.82, 2.24) is 0 Å². The lowest BCUT2D eigenvalue weighted by molar-refractivity contribution is -0.178. The number of methoxy groups -OCH3 is 1. The van der Waals surface area contributed by atoms with E-state index in [4.69, 9.17) is 25.3 Å². The predicted octanol–water partition coefficient (Wildman–Crippen LogP) is 2.69. The first-order valence-electron chi connectivity index (χ1n) is 11.6. The van der Waals surface area contributed by atoms with Crippen LogP contribution >= 0.6 is 11.6 Å². The summed E-state index contributed by atoms with van der Waals surface area (Å²) in [4.78, 5) is 36.7. The Hall–Kier alpha value is -1.75. The zero-order chi connectivity index (χ0) is 26.0. The molecule has 0 heterocycles. The normalized spacial score (nSPS) is 42.4. The van der Waals surface area contributed by atoms with Crippen molar-refractivity contribution in [2.45, 2.75) is 62.5 Å². The van der Waals surface area contributed by atoms with Crippen LogP contribution in [0.3, 0.4) is 0 Å². The minimum Gasteiger partial charge on any atom is -0.438 e. The molecule has 4 aliphatic rings. The van der Waals surface area contributed by atoms with E-state index >= 15 is 0 Å². The van der Waals surface area contributed by atoms with Crippen LogP contribution in [0.25, 0.3) is 0 Å². The minimum atomic E-state index is -3.93. The van der Waals surface area contributed by atoms with Gasteiger partial charge in [0.1, 0.15) is 6.61 Å². The van der Waals surface area contributed by atoms with Gasteiger partial charge < -0.3 is 14.6 Å². The highest BCUT2D eigenvalue weighted by atomic mass is 35.5. The van der Waals surface area contributed by atoms with E-state index in [1.165, 1.54) is 6.08 Å². The van der Waals surface area contributed by atoms with Crippen molar-refractivity contribution in [3.05, 3.63) is 23.8 Å². The Kier molecular flexibility index (Phi) is 6.31. The summed E-state index contributed by atoms with van der Waals surface area (Å²) in [5.41, 5.74) is -2.73. The van der Waals surface area contributed by atoms with E-state index in [0.29, 0.717) is 19.3 Å². The fraction of sp³-hybridized carbons (Fsp3) is 0.708. The molecule has 194 valence electrons. The molecule has 0 saturated heterocycles. The predicted molar refractivity (Wildman–Crippen MR) is 125 cm³/mol. The van der Waals surface area contributed by atoms with Gasteiger partial charge >= 0.3 is 6.16 Å². The Balaban J connectivity index is 1.78. The minimum absolute atomic E-state index is 0.0178. The number of fused-ring (bicyclic) bond motifs is 5. The van der Waals surface area contributed by atoms with Gasteiger partial charge in [-0.05, 0) is 56.1 Å². The molecule has 0 aromatic heterocycles. The SMILES string of the molecule is COC(=O)O[C@]1(C(=O)COS(C)(=O)=O)CC[C@H]2[C@@H]3CCC4=CC(=O)C=C[C@]4(C)[C@@]3(Cl)C(O)C[C@@]21C. The number of alkyl halides is 1.